The van der Waals surface area contributed by atoms with Gasteiger partial charge in [0, 0.05) is 17.3 Å². The van der Waals surface area contributed by atoms with Crippen LogP contribution in [0.25, 0.3) is 0 Å². The number of anilines is 1. The molecule has 1 heterocycles. The number of nitrogens with zero attached hydrogens (tertiary/aromatic N) is 2. The molecular weight excluding hydrogens is 218 g/mol. The predicted octanol–water partition coefficient (Wildman–Crippen LogP) is 1.84. The number of nitrogen functional groups attached to an aromatic ring is 1. The van der Waals surface area contributed by atoms with Gasteiger partial charge in [-0.15, -0.1) is 4.85 Å². The molecule has 5 nitrogen and oxygen atoms in total. The highest BCUT2D eigenvalue weighted by Crippen LogP contribution is 2.19. The van der Waals surface area contributed by atoms with Crippen LogP contribution in [0.1, 0.15) is 18.1 Å². The van der Waals surface area contributed by atoms with Gasteiger partial charge >= 0.3 is 0 Å². The number of hydrogen-bond donors (Lipinski definition) is 2. The third-order valence-corrected chi connectivity index (χ3v) is 2.61. The fourth-order valence-electron chi connectivity index (χ4n) is 1.68. The minimum absolute atomic E-state index is 0.354. The third-order valence-electron chi connectivity index (χ3n) is 2.61. The molecule has 0 amide bonds. The highest BCUT2D eigenvalue weighted by molar-refractivity contribution is 5.50. The second-order valence-electron chi connectivity index (χ2n) is 3.70. The largest absolute Gasteiger partial charge is 0.472 e. The van der Waals surface area contributed by atoms with Gasteiger partial charge in [0.05, 0.1) is 6.20 Å². The Balaban J connectivity index is 2.13. The Kier molecular flexibility index (Phi) is 3.18. The van der Waals surface area contributed by atoms with Crippen LogP contribution in [-0.4, -0.2) is 15.2 Å². The van der Waals surface area contributed by atoms with Crippen molar-refractivity contribution in [3.05, 3.63) is 41.6 Å². The summed E-state index contributed by atoms with van der Waals surface area (Å²) < 4.78 is 5.46. The summed E-state index contributed by atoms with van der Waals surface area (Å²) in [5.41, 5.74) is 8.76. The molecule has 0 spiro atoms. The molecule has 1 aromatic carbocycles. The van der Waals surface area contributed by atoms with E-state index in [9.17, 15) is 0 Å². The quantitative estimate of drug-likeness (QED) is 0.624. The first-order valence-corrected chi connectivity index (χ1v) is 5.44. The molecule has 0 bridgehead atoms. The second-order valence-corrected chi connectivity index (χ2v) is 3.70. The minimum atomic E-state index is 0.354. The molecular formula is C12H15N3O2. The summed E-state index contributed by atoms with van der Waals surface area (Å²) >= 11 is 0. The summed E-state index contributed by atoms with van der Waals surface area (Å²) in [6, 6.07) is 7.40. The van der Waals surface area contributed by atoms with E-state index < -0.39 is 0 Å². The van der Waals surface area contributed by atoms with Gasteiger partial charge in [-0.05, 0) is 18.1 Å². The molecule has 90 valence electrons. The van der Waals surface area contributed by atoms with Crippen LogP contribution in [0.5, 0.6) is 5.88 Å². The fourth-order valence-corrected chi connectivity index (χ4v) is 1.68. The Morgan fingerprint density at radius 2 is 2.24 bits per heavy atom. The minimum Gasteiger partial charge on any atom is -0.472 e. The number of aryl methyl sites for hydroxylation is 1. The van der Waals surface area contributed by atoms with Gasteiger partial charge in [0.2, 0.25) is 5.88 Å². The summed E-state index contributed by atoms with van der Waals surface area (Å²) in [6.45, 7) is 2.42. The van der Waals surface area contributed by atoms with Crippen molar-refractivity contribution in [2.24, 2.45) is 0 Å². The highest BCUT2D eigenvalue weighted by Gasteiger charge is 2.07. The van der Waals surface area contributed by atoms with Crippen LogP contribution in [-0.2, 0) is 13.0 Å². The maximum atomic E-state index is 9.01. The van der Waals surface area contributed by atoms with E-state index in [2.05, 4.69) is 12.0 Å². The zero-order valence-electron chi connectivity index (χ0n) is 9.63. The molecule has 0 saturated carbocycles. The molecule has 0 radical (unpaired) electrons. The first-order valence-electron chi connectivity index (χ1n) is 5.44. The van der Waals surface area contributed by atoms with Crippen molar-refractivity contribution in [1.82, 2.24) is 9.94 Å². The van der Waals surface area contributed by atoms with Gasteiger partial charge in [0.15, 0.2) is 0 Å². The Bertz CT molecular complexity index is 508. The molecule has 0 saturated heterocycles. The van der Waals surface area contributed by atoms with E-state index in [0.29, 0.717) is 23.0 Å². The van der Waals surface area contributed by atoms with Crippen LogP contribution in [0, 0.1) is 0 Å². The molecule has 0 aliphatic carbocycles. The maximum Gasteiger partial charge on any atom is 0.236 e. The first-order chi connectivity index (χ1) is 8.20. The van der Waals surface area contributed by atoms with Gasteiger partial charge in [-0.2, -0.15) is 0 Å². The zero-order valence-corrected chi connectivity index (χ0v) is 9.63. The maximum absolute atomic E-state index is 9.01. The lowest BCUT2D eigenvalue weighted by Gasteiger charge is -2.10. The van der Waals surface area contributed by atoms with Gasteiger partial charge in [-0.25, -0.2) is 0 Å². The lowest BCUT2D eigenvalue weighted by molar-refractivity contribution is 0.141. The number of hydrogen-bond acceptors (Lipinski definition) is 4. The van der Waals surface area contributed by atoms with E-state index in [1.807, 2.05) is 18.2 Å². The summed E-state index contributed by atoms with van der Waals surface area (Å²) in [5.74, 6) is 0.373. The number of ether oxygens (including phenoxy) is 1. The summed E-state index contributed by atoms with van der Waals surface area (Å²) in [4.78, 5) is 0.713. The number of rotatable bonds is 4. The number of aromatic nitrogens is 2. The lowest BCUT2D eigenvalue weighted by atomic mass is 10.0. The Morgan fingerprint density at radius 3 is 2.88 bits per heavy atom. The van der Waals surface area contributed by atoms with Crippen LogP contribution >= 0.6 is 0 Å². The van der Waals surface area contributed by atoms with E-state index in [1.165, 1.54) is 6.20 Å². The molecule has 0 aliphatic rings. The average molecular weight is 233 g/mol. The van der Waals surface area contributed by atoms with E-state index in [1.54, 1.807) is 6.07 Å². The van der Waals surface area contributed by atoms with Crippen molar-refractivity contribution in [3.63, 3.8) is 0 Å². The molecule has 3 N–H and O–H groups in total. The normalized spacial score (nSPS) is 10.4. The third kappa shape index (κ3) is 2.50. The van der Waals surface area contributed by atoms with Gasteiger partial charge in [0.25, 0.3) is 0 Å². The molecule has 0 unspecified atom stereocenters. The van der Waals surface area contributed by atoms with Gasteiger partial charge in [-0.3, -0.25) is 0 Å². The molecule has 0 aliphatic heterocycles. The summed E-state index contributed by atoms with van der Waals surface area (Å²) in [6.07, 6.45) is 2.31. The highest BCUT2D eigenvalue weighted by atomic mass is 16.5. The topological polar surface area (TPSA) is 73.3 Å². The first kappa shape index (κ1) is 11.3. The predicted molar refractivity (Wildman–Crippen MR) is 64.0 cm³/mol. The van der Waals surface area contributed by atoms with Crippen LogP contribution in [0.3, 0.4) is 0 Å². The smallest absolute Gasteiger partial charge is 0.236 e. The van der Waals surface area contributed by atoms with Crippen molar-refractivity contribution in [3.8, 4) is 5.88 Å². The fraction of sp³-hybridized carbons (Fsp3) is 0.250. The second kappa shape index (κ2) is 4.78. The van der Waals surface area contributed by atoms with E-state index >= 15 is 0 Å². The standard InChI is InChI=1S/C12H15N3O2/c1-2-9-4-3-5-11(13)10(9)8-17-12-6-7-15(16)14-12/h3-7,16H,2,8,13H2,1H3. The van der Waals surface area contributed by atoms with Gasteiger partial charge in [-0.1, -0.05) is 24.2 Å². The number of benzene rings is 1. The van der Waals surface area contributed by atoms with Crippen molar-refractivity contribution in [1.29, 1.82) is 0 Å². The van der Waals surface area contributed by atoms with Crippen molar-refractivity contribution >= 4 is 5.69 Å². The SMILES string of the molecule is CCc1cccc(N)c1COc1ccn(O)n1. The summed E-state index contributed by atoms with van der Waals surface area (Å²) in [7, 11) is 0. The molecule has 0 atom stereocenters. The van der Waals surface area contributed by atoms with E-state index in [4.69, 9.17) is 15.7 Å². The molecule has 1 aromatic heterocycles. The van der Waals surface area contributed by atoms with Crippen LogP contribution in [0.2, 0.25) is 0 Å². The van der Waals surface area contributed by atoms with E-state index in [-0.39, 0.29) is 0 Å². The molecule has 2 aromatic rings. The van der Waals surface area contributed by atoms with Gasteiger partial charge in [0.1, 0.15) is 6.61 Å². The molecule has 0 fully saturated rings. The lowest BCUT2D eigenvalue weighted by Crippen LogP contribution is -2.04. The molecule has 2 rings (SSSR count). The van der Waals surface area contributed by atoms with Crippen molar-refractivity contribution in [2.45, 2.75) is 20.0 Å². The average Bonchev–Trinajstić information content (AvgIpc) is 2.73. The van der Waals surface area contributed by atoms with Crippen molar-refractivity contribution in [2.75, 3.05) is 5.73 Å². The monoisotopic (exact) mass is 233 g/mol. The Labute approximate surface area is 99.4 Å². The van der Waals surface area contributed by atoms with Crippen molar-refractivity contribution < 1.29 is 9.94 Å². The van der Waals surface area contributed by atoms with Gasteiger partial charge < -0.3 is 15.7 Å². The van der Waals surface area contributed by atoms with Crippen LogP contribution in [0.4, 0.5) is 5.69 Å². The molecule has 5 heteroatoms. The zero-order chi connectivity index (χ0) is 12.3. The molecule has 17 heavy (non-hydrogen) atoms. The van der Waals surface area contributed by atoms with E-state index in [0.717, 1.165) is 17.5 Å². The van der Waals surface area contributed by atoms with Crippen LogP contribution in [0.15, 0.2) is 30.5 Å². The van der Waals surface area contributed by atoms with Crippen LogP contribution < -0.4 is 10.5 Å². The Morgan fingerprint density at radius 1 is 1.41 bits per heavy atom. The summed E-state index contributed by atoms with van der Waals surface area (Å²) in [5, 5.41) is 12.7. The number of nitrogens with two attached hydrogens (primary N) is 1. The Hall–Kier alpha value is -2.17.